The van der Waals surface area contributed by atoms with E-state index in [2.05, 4.69) is 5.32 Å². The van der Waals surface area contributed by atoms with Gasteiger partial charge in [-0.1, -0.05) is 6.92 Å². The van der Waals surface area contributed by atoms with E-state index in [4.69, 9.17) is 4.74 Å². The Morgan fingerprint density at radius 2 is 2.00 bits per heavy atom. The van der Waals surface area contributed by atoms with E-state index in [9.17, 15) is 13.2 Å². The molecule has 0 aliphatic heterocycles. The Balaban J connectivity index is 2.66. The molecule has 0 heterocycles. The Morgan fingerprint density at radius 1 is 1.31 bits per heavy atom. The molecule has 1 unspecified atom stereocenters. The van der Waals surface area contributed by atoms with Crippen molar-refractivity contribution in [3.8, 4) is 0 Å². The van der Waals surface area contributed by atoms with E-state index in [1.807, 2.05) is 6.92 Å². The Hall–Kier alpha value is -1.23. The van der Waals surface area contributed by atoms with Crippen LogP contribution in [0.25, 0.3) is 0 Å². The van der Waals surface area contributed by atoms with Crippen LogP contribution < -0.4 is 5.32 Å². The van der Waals surface area contributed by atoms with Gasteiger partial charge in [-0.3, -0.25) is 0 Å². The Labute approximate surface area is 92.4 Å². The van der Waals surface area contributed by atoms with Crippen LogP contribution in [0.15, 0.2) is 12.1 Å². The first-order valence-corrected chi connectivity index (χ1v) is 4.92. The zero-order chi connectivity index (χ0) is 12.1. The maximum absolute atomic E-state index is 13.2. The van der Waals surface area contributed by atoms with Crippen molar-refractivity contribution in [3.63, 3.8) is 0 Å². The van der Waals surface area contributed by atoms with Crippen molar-refractivity contribution in [2.24, 2.45) is 5.92 Å². The summed E-state index contributed by atoms with van der Waals surface area (Å²) in [4.78, 5) is 0. The van der Waals surface area contributed by atoms with Gasteiger partial charge in [-0.2, -0.15) is 0 Å². The van der Waals surface area contributed by atoms with Gasteiger partial charge in [-0.05, 0) is 5.92 Å². The summed E-state index contributed by atoms with van der Waals surface area (Å²) in [5.41, 5.74) is -0.166. The molecule has 0 radical (unpaired) electrons. The molecule has 1 N–H and O–H groups in total. The number of hydrogen-bond acceptors (Lipinski definition) is 2. The Bertz CT molecular complexity index is 357. The van der Waals surface area contributed by atoms with Crippen LogP contribution in [0, 0.1) is 23.4 Å². The summed E-state index contributed by atoms with van der Waals surface area (Å²) in [6, 6.07) is 1.44. The Morgan fingerprint density at radius 3 is 2.62 bits per heavy atom. The number of anilines is 1. The van der Waals surface area contributed by atoms with Gasteiger partial charge in [0.2, 0.25) is 0 Å². The van der Waals surface area contributed by atoms with Crippen LogP contribution >= 0.6 is 0 Å². The highest BCUT2D eigenvalue weighted by atomic mass is 19.2. The first-order chi connectivity index (χ1) is 7.54. The van der Waals surface area contributed by atoms with Gasteiger partial charge < -0.3 is 10.1 Å². The average molecular weight is 233 g/mol. The van der Waals surface area contributed by atoms with Gasteiger partial charge >= 0.3 is 0 Å². The predicted octanol–water partition coefficient (Wildman–Crippen LogP) is 2.80. The summed E-state index contributed by atoms with van der Waals surface area (Å²) in [7, 11) is 1.55. The van der Waals surface area contributed by atoms with Crippen LogP contribution in [-0.2, 0) is 4.74 Å². The van der Waals surface area contributed by atoms with Crippen molar-refractivity contribution in [2.75, 3.05) is 25.6 Å². The van der Waals surface area contributed by atoms with Gasteiger partial charge in [-0.25, -0.2) is 13.2 Å². The molecular formula is C11H14F3NO. The lowest BCUT2D eigenvalue weighted by atomic mass is 10.2. The number of methoxy groups -OCH3 is 1. The topological polar surface area (TPSA) is 21.3 Å². The fourth-order valence-corrected chi connectivity index (χ4v) is 1.31. The summed E-state index contributed by atoms with van der Waals surface area (Å²) in [5.74, 6) is -2.94. The van der Waals surface area contributed by atoms with E-state index < -0.39 is 17.5 Å². The van der Waals surface area contributed by atoms with Crippen LogP contribution in [-0.4, -0.2) is 20.3 Å². The fraction of sp³-hybridized carbons (Fsp3) is 0.455. The highest BCUT2D eigenvalue weighted by molar-refractivity contribution is 5.45. The highest BCUT2D eigenvalue weighted by Crippen LogP contribution is 2.19. The number of halogens is 3. The van der Waals surface area contributed by atoms with E-state index in [1.165, 1.54) is 0 Å². The standard InChI is InChI=1S/C11H14F3NO/c1-7(6-16-2)5-15-10-4-8(12)3-9(13)11(10)14/h3-4,7,15H,5-6H2,1-2H3. The van der Waals surface area contributed by atoms with E-state index in [-0.39, 0.29) is 11.6 Å². The molecule has 0 amide bonds. The highest BCUT2D eigenvalue weighted by Gasteiger charge is 2.11. The first kappa shape index (κ1) is 12.8. The van der Waals surface area contributed by atoms with Crippen molar-refractivity contribution >= 4 is 5.69 Å². The minimum atomic E-state index is -1.19. The van der Waals surface area contributed by atoms with Gasteiger partial charge in [0.25, 0.3) is 0 Å². The van der Waals surface area contributed by atoms with Crippen LogP contribution in [0.1, 0.15) is 6.92 Å². The normalized spacial score (nSPS) is 12.6. The largest absolute Gasteiger partial charge is 0.384 e. The molecule has 1 aromatic carbocycles. The second-order valence-corrected chi connectivity index (χ2v) is 3.69. The van der Waals surface area contributed by atoms with Gasteiger partial charge in [0, 0.05) is 25.8 Å². The minimum Gasteiger partial charge on any atom is -0.384 e. The average Bonchev–Trinajstić information content (AvgIpc) is 2.21. The zero-order valence-electron chi connectivity index (χ0n) is 9.19. The van der Waals surface area contributed by atoms with Gasteiger partial charge in [-0.15, -0.1) is 0 Å². The molecule has 1 atom stereocenters. The lowest BCUT2D eigenvalue weighted by molar-refractivity contribution is 0.164. The summed E-state index contributed by atoms with van der Waals surface area (Å²) in [6.07, 6.45) is 0. The molecule has 1 aromatic rings. The van der Waals surface area contributed by atoms with Crippen LogP contribution in [0.4, 0.5) is 18.9 Å². The van der Waals surface area contributed by atoms with E-state index in [1.54, 1.807) is 7.11 Å². The molecule has 5 heteroatoms. The van der Waals surface area contributed by atoms with Crippen molar-refractivity contribution < 1.29 is 17.9 Å². The van der Waals surface area contributed by atoms with Crippen LogP contribution in [0.3, 0.4) is 0 Å². The molecule has 2 nitrogen and oxygen atoms in total. The smallest absolute Gasteiger partial charge is 0.182 e. The maximum Gasteiger partial charge on any atom is 0.182 e. The third-order valence-corrected chi connectivity index (χ3v) is 2.09. The third-order valence-electron chi connectivity index (χ3n) is 2.09. The van der Waals surface area contributed by atoms with Gasteiger partial charge in [0.05, 0.1) is 12.3 Å². The molecule has 0 aromatic heterocycles. The lowest BCUT2D eigenvalue weighted by Gasteiger charge is -2.13. The van der Waals surface area contributed by atoms with Crippen LogP contribution in [0.2, 0.25) is 0 Å². The second-order valence-electron chi connectivity index (χ2n) is 3.69. The molecule has 0 fully saturated rings. The lowest BCUT2D eigenvalue weighted by Crippen LogP contribution is -2.16. The molecule has 0 bridgehead atoms. The number of ether oxygens (including phenoxy) is 1. The summed E-state index contributed by atoms with van der Waals surface area (Å²) >= 11 is 0. The number of benzene rings is 1. The molecular weight excluding hydrogens is 219 g/mol. The molecule has 90 valence electrons. The predicted molar refractivity (Wildman–Crippen MR) is 55.8 cm³/mol. The van der Waals surface area contributed by atoms with Gasteiger partial charge in [0.1, 0.15) is 5.82 Å². The van der Waals surface area contributed by atoms with Crippen LogP contribution in [0.5, 0.6) is 0 Å². The molecule has 1 rings (SSSR count). The molecule has 0 spiro atoms. The van der Waals surface area contributed by atoms with E-state index in [0.717, 1.165) is 6.07 Å². The van der Waals surface area contributed by atoms with Crippen molar-refractivity contribution in [1.82, 2.24) is 0 Å². The summed E-state index contributed by atoms with van der Waals surface area (Å²) < 4.78 is 43.7. The van der Waals surface area contributed by atoms with E-state index in [0.29, 0.717) is 19.2 Å². The van der Waals surface area contributed by atoms with Crippen molar-refractivity contribution in [3.05, 3.63) is 29.6 Å². The molecule has 0 saturated heterocycles. The second kappa shape index (κ2) is 5.75. The third kappa shape index (κ3) is 3.41. The molecule has 0 aliphatic carbocycles. The molecule has 0 aliphatic rings. The molecule has 16 heavy (non-hydrogen) atoms. The number of nitrogens with one attached hydrogen (secondary N) is 1. The quantitative estimate of drug-likeness (QED) is 0.789. The van der Waals surface area contributed by atoms with Crippen molar-refractivity contribution in [1.29, 1.82) is 0 Å². The minimum absolute atomic E-state index is 0.121. The summed E-state index contributed by atoms with van der Waals surface area (Å²) in [5, 5.41) is 2.64. The monoisotopic (exact) mass is 233 g/mol. The van der Waals surface area contributed by atoms with Gasteiger partial charge in [0.15, 0.2) is 11.6 Å². The van der Waals surface area contributed by atoms with E-state index >= 15 is 0 Å². The SMILES string of the molecule is COCC(C)CNc1cc(F)cc(F)c1F. The zero-order valence-corrected chi connectivity index (χ0v) is 9.19. The Kier molecular flexibility index (Phi) is 4.61. The number of rotatable bonds is 5. The molecule has 0 saturated carbocycles. The van der Waals surface area contributed by atoms with Crippen molar-refractivity contribution in [2.45, 2.75) is 6.92 Å². The fourth-order valence-electron chi connectivity index (χ4n) is 1.31. The first-order valence-electron chi connectivity index (χ1n) is 4.92. The maximum atomic E-state index is 13.2. The summed E-state index contributed by atoms with van der Waals surface area (Å²) in [6.45, 7) is 2.75. The number of hydrogen-bond donors (Lipinski definition) is 1.